The van der Waals surface area contributed by atoms with Crippen LogP contribution in [0.5, 0.6) is 0 Å². The normalized spacial score (nSPS) is 15.8. The van der Waals surface area contributed by atoms with Gasteiger partial charge in [0.15, 0.2) is 0 Å². The number of carbonyl (C=O) groups is 1. The number of halogens is 1. The third-order valence-electron chi connectivity index (χ3n) is 5.72. The van der Waals surface area contributed by atoms with Gasteiger partial charge in [0.25, 0.3) is 0 Å². The van der Waals surface area contributed by atoms with Gasteiger partial charge in [-0.15, -0.1) is 0 Å². The molecule has 0 radical (unpaired) electrons. The molecule has 0 atom stereocenters. The van der Waals surface area contributed by atoms with Crippen LogP contribution in [0, 0.1) is 5.82 Å². The lowest BCUT2D eigenvalue weighted by Gasteiger charge is -2.21. The van der Waals surface area contributed by atoms with E-state index in [-0.39, 0.29) is 11.7 Å². The van der Waals surface area contributed by atoms with Crippen LogP contribution in [0.3, 0.4) is 0 Å². The molecule has 30 heavy (non-hydrogen) atoms. The summed E-state index contributed by atoms with van der Waals surface area (Å²) >= 11 is 0. The third kappa shape index (κ3) is 5.43. The van der Waals surface area contributed by atoms with Gasteiger partial charge in [-0.3, -0.25) is 9.69 Å². The van der Waals surface area contributed by atoms with Gasteiger partial charge >= 0.3 is 0 Å². The minimum Gasteiger partial charge on any atom is -0.325 e. The first kappa shape index (κ1) is 20.5. The summed E-state index contributed by atoms with van der Waals surface area (Å²) in [4.78, 5) is 17.3. The number of hydrogen-bond donors (Lipinski definition) is 1. The van der Waals surface area contributed by atoms with Crippen LogP contribution in [0.1, 0.15) is 18.4 Å². The molecule has 0 saturated carbocycles. The number of hydrogen-bond acceptors (Lipinski definition) is 3. The van der Waals surface area contributed by atoms with E-state index in [4.69, 9.17) is 0 Å². The highest BCUT2D eigenvalue weighted by molar-refractivity contribution is 6.02. The first-order valence-electron chi connectivity index (χ1n) is 10.6. The minimum atomic E-state index is -0.192. The lowest BCUT2D eigenvalue weighted by Crippen LogP contribution is -2.32. The summed E-state index contributed by atoms with van der Waals surface area (Å²) in [7, 11) is 0. The Morgan fingerprint density at radius 3 is 2.47 bits per heavy atom. The molecule has 4 nitrogen and oxygen atoms in total. The maximum Gasteiger partial charge on any atom is 0.225 e. The van der Waals surface area contributed by atoms with Crippen molar-refractivity contribution in [1.29, 1.82) is 0 Å². The maximum absolute atomic E-state index is 13.1. The second kappa shape index (κ2) is 9.83. The SMILES string of the molecule is O=C(CCN1CCCN(Cc2ccc(F)cc2)CC1)Nc1cccc2ccccc12. The molecule has 0 aliphatic carbocycles. The summed E-state index contributed by atoms with van der Waals surface area (Å²) in [6.07, 6.45) is 1.56. The first-order chi connectivity index (χ1) is 14.7. The van der Waals surface area contributed by atoms with Crippen molar-refractivity contribution < 1.29 is 9.18 Å². The van der Waals surface area contributed by atoms with E-state index in [1.165, 1.54) is 12.1 Å². The largest absolute Gasteiger partial charge is 0.325 e. The Labute approximate surface area is 177 Å². The number of rotatable bonds is 6. The number of benzene rings is 3. The molecule has 3 aromatic carbocycles. The molecule has 4 rings (SSSR count). The molecular weight excluding hydrogens is 377 g/mol. The van der Waals surface area contributed by atoms with Gasteiger partial charge in [0.1, 0.15) is 5.82 Å². The van der Waals surface area contributed by atoms with E-state index in [2.05, 4.69) is 27.2 Å². The zero-order chi connectivity index (χ0) is 20.8. The topological polar surface area (TPSA) is 35.6 Å². The summed E-state index contributed by atoms with van der Waals surface area (Å²) < 4.78 is 13.1. The molecule has 1 aliphatic rings. The van der Waals surface area contributed by atoms with Crippen LogP contribution in [0.15, 0.2) is 66.7 Å². The molecule has 0 spiro atoms. The van der Waals surface area contributed by atoms with E-state index in [1.807, 2.05) is 42.5 Å². The fourth-order valence-electron chi connectivity index (χ4n) is 4.06. The summed E-state index contributed by atoms with van der Waals surface area (Å²) in [6.45, 7) is 5.54. The third-order valence-corrected chi connectivity index (χ3v) is 5.72. The lowest BCUT2D eigenvalue weighted by atomic mass is 10.1. The van der Waals surface area contributed by atoms with E-state index in [9.17, 15) is 9.18 Å². The number of fused-ring (bicyclic) bond motifs is 1. The van der Waals surface area contributed by atoms with Gasteiger partial charge in [0, 0.05) is 43.7 Å². The predicted molar refractivity (Wildman–Crippen MR) is 120 cm³/mol. The smallest absolute Gasteiger partial charge is 0.225 e. The standard InChI is InChI=1S/C25H28FN3O/c26-22-11-9-20(10-12-22)19-29-15-4-14-28(17-18-29)16-13-25(30)27-24-8-3-6-21-5-1-2-7-23(21)24/h1-3,5-12H,4,13-19H2,(H,27,30). The van der Waals surface area contributed by atoms with Crippen molar-refractivity contribution in [3.8, 4) is 0 Å². The van der Waals surface area contributed by atoms with E-state index < -0.39 is 0 Å². The van der Waals surface area contributed by atoms with Crippen LogP contribution < -0.4 is 5.32 Å². The molecule has 1 amide bonds. The highest BCUT2D eigenvalue weighted by Gasteiger charge is 2.16. The molecule has 3 aromatic rings. The number of carbonyl (C=O) groups excluding carboxylic acids is 1. The summed E-state index contributed by atoms with van der Waals surface area (Å²) in [5.41, 5.74) is 2.01. The quantitative estimate of drug-likeness (QED) is 0.655. The molecule has 1 N–H and O–H groups in total. The van der Waals surface area contributed by atoms with Crippen LogP contribution in [0.4, 0.5) is 10.1 Å². The van der Waals surface area contributed by atoms with Crippen LogP contribution in [-0.4, -0.2) is 48.4 Å². The molecule has 0 aromatic heterocycles. The van der Waals surface area contributed by atoms with Crippen LogP contribution in [0.25, 0.3) is 10.8 Å². The monoisotopic (exact) mass is 405 g/mol. The lowest BCUT2D eigenvalue weighted by molar-refractivity contribution is -0.116. The second-order valence-corrected chi connectivity index (χ2v) is 7.92. The predicted octanol–water partition coefficient (Wildman–Crippen LogP) is 4.52. The van der Waals surface area contributed by atoms with Gasteiger partial charge in [-0.05, 0) is 48.7 Å². The Morgan fingerprint density at radius 1 is 0.867 bits per heavy atom. The molecule has 1 heterocycles. The number of amides is 1. The number of anilines is 1. The maximum atomic E-state index is 13.1. The van der Waals surface area contributed by atoms with Crippen molar-refractivity contribution in [2.24, 2.45) is 0 Å². The van der Waals surface area contributed by atoms with E-state index in [1.54, 1.807) is 0 Å². The van der Waals surface area contributed by atoms with Gasteiger partial charge < -0.3 is 10.2 Å². The molecule has 0 unspecified atom stereocenters. The molecule has 5 heteroatoms. The molecule has 1 fully saturated rings. The summed E-state index contributed by atoms with van der Waals surface area (Å²) in [5.74, 6) is -0.138. The van der Waals surface area contributed by atoms with E-state index >= 15 is 0 Å². The molecule has 1 saturated heterocycles. The van der Waals surface area contributed by atoms with Crippen molar-refractivity contribution in [3.05, 3.63) is 78.1 Å². The van der Waals surface area contributed by atoms with E-state index in [0.29, 0.717) is 6.42 Å². The van der Waals surface area contributed by atoms with Crippen molar-refractivity contribution in [2.75, 3.05) is 38.0 Å². The second-order valence-electron chi connectivity index (χ2n) is 7.92. The van der Waals surface area contributed by atoms with Crippen molar-refractivity contribution in [2.45, 2.75) is 19.4 Å². The Hall–Kier alpha value is -2.76. The fraction of sp³-hybridized carbons (Fsp3) is 0.320. The van der Waals surface area contributed by atoms with Crippen molar-refractivity contribution in [1.82, 2.24) is 9.80 Å². The fourth-order valence-corrected chi connectivity index (χ4v) is 4.06. The Morgan fingerprint density at radius 2 is 1.60 bits per heavy atom. The average molecular weight is 406 g/mol. The van der Waals surface area contributed by atoms with Gasteiger partial charge in [0.2, 0.25) is 5.91 Å². The van der Waals surface area contributed by atoms with Gasteiger partial charge in [0.05, 0.1) is 0 Å². The zero-order valence-electron chi connectivity index (χ0n) is 17.2. The van der Waals surface area contributed by atoms with Gasteiger partial charge in [-0.2, -0.15) is 0 Å². The number of nitrogens with one attached hydrogen (secondary N) is 1. The van der Waals surface area contributed by atoms with Crippen LogP contribution in [0.2, 0.25) is 0 Å². The molecule has 0 bridgehead atoms. The first-order valence-corrected chi connectivity index (χ1v) is 10.6. The average Bonchev–Trinajstić information content (AvgIpc) is 2.99. The van der Waals surface area contributed by atoms with Gasteiger partial charge in [-0.25, -0.2) is 4.39 Å². The van der Waals surface area contributed by atoms with Crippen LogP contribution >= 0.6 is 0 Å². The zero-order valence-corrected chi connectivity index (χ0v) is 17.2. The summed E-state index contributed by atoms with van der Waals surface area (Å²) in [5, 5.41) is 5.28. The van der Waals surface area contributed by atoms with Gasteiger partial charge in [-0.1, -0.05) is 48.5 Å². The Balaban J connectivity index is 1.25. The highest BCUT2D eigenvalue weighted by Crippen LogP contribution is 2.23. The van der Waals surface area contributed by atoms with Crippen molar-refractivity contribution >= 4 is 22.4 Å². The van der Waals surface area contributed by atoms with Crippen molar-refractivity contribution in [3.63, 3.8) is 0 Å². The summed E-state index contributed by atoms with van der Waals surface area (Å²) in [6, 6.07) is 20.8. The Kier molecular flexibility index (Phi) is 6.72. The molecular formula is C25H28FN3O. The minimum absolute atomic E-state index is 0.0544. The molecule has 1 aliphatic heterocycles. The highest BCUT2D eigenvalue weighted by atomic mass is 19.1. The van der Waals surface area contributed by atoms with E-state index in [0.717, 1.165) is 67.7 Å². The Bertz CT molecular complexity index is 984. The number of nitrogens with zero attached hydrogens (tertiary/aromatic N) is 2. The molecule has 156 valence electrons. The van der Waals surface area contributed by atoms with Crippen LogP contribution in [-0.2, 0) is 11.3 Å².